The Kier molecular flexibility index (Phi) is 3.43. The smallest absolute Gasteiger partial charge is 0.147 e. The van der Waals surface area contributed by atoms with Gasteiger partial charge in [-0.1, -0.05) is 33.6 Å². The highest BCUT2D eigenvalue weighted by Gasteiger charge is 2.16. The molecule has 0 aliphatic rings. The molecular weight excluding hydrogens is 242 g/mol. The summed E-state index contributed by atoms with van der Waals surface area (Å²) in [6.45, 7) is 3.44. The average molecular weight is 252 g/mol. The van der Waals surface area contributed by atoms with E-state index in [4.69, 9.17) is 5.26 Å². The van der Waals surface area contributed by atoms with Gasteiger partial charge in [-0.25, -0.2) is 0 Å². The van der Waals surface area contributed by atoms with Crippen LogP contribution >= 0.6 is 15.9 Å². The molecule has 0 aliphatic carbocycles. The second-order valence-corrected chi connectivity index (χ2v) is 4.09. The molecular formula is C11H10BrNO. The fourth-order valence-corrected chi connectivity index (χ4v) is 1.59. The molecule has 0 bridgehead atoms. The maximum atomic E-state index is 11.2. The highest BCUT2D eigenvalue weighted by atomic mass is 79.9. The molecule has 0 radical (unpaired) electrons. The van der Waals surface area contributed by atoms with Crippen LogP contribution in [0.4, 0.5) is 0 Å². The van der Waals surface area contributed by atoms with Crippen molar-refractivity contribution in [1.82, 2.24) is 0 Å². The quantitative estimate of drug-likeness (QED) is 0.759. The molecule has 0 spiro atoms. The van der Waals surface area contributed by atoms with Crippen molar-refractivity contribution in [2.24, 2.45) is 0 Å². The third-order valence-electron chi connectivity index (χ3n) is 1.96. The number of aryl methyl sites for hydroxylation is 1. The molecule has 1 aromatic rings. The Morgan fingerprint density at radius 3 is 2.71 bits per heavy atom. The van der Waals surface area contributed by atoms with E-state index in [1.165, 1.54) is 6.92 Å². The predicted molar refractivity (Wildman–Crippen MR) is 58.2 cm³/mol. The van der Waals surface area contributed by atoms with Gasteiger partial charge >= 0.3 is 0 Å². The first-order chi connectivity index (χ1) is 6.56. The summed E-state index contributed by atoms with van der Waals surface area (Å²) in [6, 6.07) is 7.54. The second-order valence-electron chi connectivity index (χ2n) is 3.18. The van der Waals surface area contributed by atoms with Crippen molar-refractivity contribution < 1.29 is 4.79 Å². The molecule has 1 atom stereocenters. The zero-order valence-corrected chi connectivity index (χ0v) is 9.63. The first kappa shape index (κ1) is 10.9. The molecule has 0 N–H and O–H groups in total. The lowest BCUT2D eigenvalue weighted by atomic mass is 10.0. The van der Waals surface area contributed by atoms with Crippen LogP contribution in [-0.4, -0.2) is 5.78 Å². The summed E-state index contributed by atoms with van der Waals surface area (Å²) in [5.41, 5.74) is 2.34. The predicted octanol–water partition coefficient (Wildman–Crippen LogP) is 2.89. The van der Waals surface area contributed by atoms with Crippen molar-refractivity contribution in [3.05, 3.63) is 34.9 Å². The Balaban J connectivity index is 3.25. The molecule has 0 heterocycles. The topological polar surface area (TPSA) is 40.9 Å². The molecule has 0 saturated carbocycles. The highest BCUT2D eigenvalue weighted by molar-refractivity contribution is 9.09. The normalized spacial score (nSPS) is 11.9. The van der Waals surface area contributed by atoms with Crippen LogP contribution in [0.5, 0.6) is 0 Å². The van der Waals surface area contributed by atoms with Gasteiger partial charge in [-0.15, -0.1) is 0 Å². The van der Waals surface area contributed by atoms with Crippen LogP contribution in [0, 0.1) is 18.3 Å². The molecule has 1 rings (SSSR count). The number of nitrogens with zero attached hydrogens (tertiary/aromatic N) is 1. The van der Waals surface area contributed by atoms with E-state index < -0.39 is 0 Å². The number of carbonyl (C=O) groups excluding carboxylic acids is 1. The largest absolute Gasteiger partial charge is 0.298 e. The summed E-state index contributed by atoms with van der Waals surface area (Å²) in [5, 5.41) is 8.86. The lowest BCUT2D eigenvalue weighted by Crippen LogP contribution is -2.03. The van der Waals surface area contributed by atoms with Crippen molar-refractivity contribution in [2.45, 2.75) is 18.7 Å². The van der Waals surface area contributed by atoms with Crippen LogP contribution in [-0.2, 0) is 4.79 Å². The minimum absolute atomic E-state index is 0.00657. The fourth-order valence-electron chi connectivity index (χ4n) is 1.21. The van der Waals surface area contributed by atoms with Crippen molar-refractivity contribution >= 4 is 21.7 Å². The van der Waals surface area contributed by atoms with E-state index in [-0.39, 0.29) is 10.6 Å². The standard InChI is InChI=1S/C11H10BrNO/c1-7-3-4-9(6-13)10(5-7)11(12)8(2)14/h3-5,11H,1-2H3. The average Bonchev–Trinajstić information content (AvgIpc) is 2.16. The van der Waals surface area contributed by atoms with E-state index >= 15 is 0 Å². The van der Waals surface area contributed by atoms with Gasteiger partial charge in [0.25, 0.3) is 0 Å². The van der Waals surface area contributed by atoms with E-state index in [0.29, 0.717) is 5.56 Å². The zero-order chi connectivity index (χ0) is 10.7. The Bertz CT molecular complexity index is 406. The fraction of sp³-hybridized carbons (Fsp3) is 0.273. The van der Waals surface area contributed by atoms with Gasteiger partial charge in [0, 0.05) is 0 Å². The third-order valence-corrected chi connectivity index (χ3v) is 3.10. The van der Waals surface area contributed by atoms with Crippen molar-refractivity contribution in [3.63, 3.8) is 0 Å². The van der Waals surface area contributed by atoms with Gasteiger partial charge in [0.05, 0.1) is 16.5 Å². The molecule has 1 unspecified atom stereocenters. The number of alkyl halides is 1. The number of benzene rings is 1. The Labute approximate surface area is 91.7 Å². The van der Waals surface area contributed by atoms with Crippen molar-refractivity contribution in [2.75, 3.05) is 0 Å². The molecule has 0 saturated heterocycles. The van der Waals surface area contributed by atoms with Gasteiger partial charge in [-0.05, 0) is 25.5 Å². The minimum Gasteiger partial charge on any atom is -0.298 e. The summed E-state index contributed by atoms with van der Waals surface area (Å²) in [4.78, 5) is 10.8. The van der Waals surface area contributed by atoms with E-state index in [0.717, 1.165) is 11.1 Å². The Morgan fingerprint density at radius 2 is 2.21 bits per heavy atom. The number of ketones is 1. The molecule has 14 heavy (non-hydrogen) atoms. The number of Topliss-reactive ketones (excluding diaryl/α,β-unsaturated/α-hetero) is 1. The molecule has 2 nitrogen and oxygen atoms in total. The van der Waals surface area contributed by atoms with Crippen LogP contribution in [0.25, 0.3) is 0 Å². The minimum atomic E-state index is -0.378. The van der Waals surface area contributed by atoms with Crippen molar-refractivity contribution in [3.8, 4) is 6.07 Å². The zero-order valence-electron chi connectivity index (χ0n) is 8.04. The summed E-state index contributed by atoms with van der Waals surface area (Å²) < 4.78 is 0. The van der Waals surface area contributed by atoms with Crippen LogP contribution in [0.15, 0.2) is 18.2 Å². The number of halogens is 1. The van der Waals surface area contributed by atoms with Gasteiger partial charge in [0.2, 0.25) is 0 Å². The van der Waals surface area contributed by atoms with E-state index in [2.05, 4.69) is 22.0 Å². The van der Waals surface area contributed by atoms with Gasteiger partial charge in [0.1, 0.15) is 5.78 Å². The molecule has 1 aromatic carbocycles. The maximum Gasteiger partial charge on any atom is 0.147 e. The van der Waals surface area contributed by atoms with E-state index in [1.54, 1.807) is 6.07 Å². The van der Waals surface area contributed by atoms with Crippen LogP contribution < -0.4 is 0 Å². The van der Waals surface area contributed by atoms with Gasteiger partial charge < -0.3 is 0 Å². The Hall–Kier alpha value is -1.14. The number of hydrogen-bond donors (Lipinski definition) is 0. The molecule has 0 fully saturated rings. The molecule has 3 heteroatoms. The van der Waals surface area contributed by atoms with Crippen LogP contribution in [0.2, 0.25) is 0 Å². The lowest BCUT2D eigenvalue weighted by molar-refractivity contribution is -0.116. The van der Waals surface area contributed by atoms with Crippen LogP contribution in [0.3, 0.4) is 0 Å². The molecule has 0 aliphatic heterocycles. The summed E-state index contributed by atoms with van der Waals surface area (Å²) >= 11 is 3.28. The molecule has 72 valence electrons. The summed E-state index contributed by atoms with van der Waals surface area (Å²) in [5.74, 6) is 0.00657. The lowest BCUT2D eigenvalue weighted by Gasteiger charge is -2.09. The maximum absolute atomic E-state index is 11.2. The second kappa shape index (κ2) is 4.39. The first-order valence-corrected chi connectivity index (χ1v) is 5.13. The molecule has 0 aromatic heterocycles. The van der Waals surface area contributed by atoms with Gasteiger partial charge in [-0.2, -0.15) is 5.26 Å². The first-order valence-electron chi connectivity index (χ1n) is 4.21. The molecule has 0 amide bonds. The SMILES string of the molecule is CC(=O)C(Br)c1cc(C)ccc1C#N. The number of nitriles is 1. The number of rotatable bonds is 2. The van der Waals surface area contributed by atoms with Crippen molar-refractivity contribution in [1.29, 1.82) is 5.26 Å². The van der Waals surface area contributed by atoms with Crippen LogP contribution in [0.1, 0.15) is 28.4 Å². The highest BCUT2D eigenvalue weighted by Crippen LogP contribution is 2.27. The number of hydrogen-bond acceptors (Lipinski definition) is 2. The monoisotopic (exact) mass is 251 g/mol. The Morgan fingerprint density at radius 1 is 1.57 bits per heavy atom. The summed E-state index contributed by atoms with van der Waals surface area (Å²) in [7, 11) is 0. The van der Waals surface area contributed by atoms with E-state index in [1.807, 2.05) is 19.1 Å². The third kappa shape index (κ3) is 2.21. The van der Waals surface area contributed by atoms with E-state index in [9.17, 15) is 4.79 Å². The van der Waals surface area contributed by atoms with Gasteiger partial charge in [-0.3, -0.25) is 4.79 Å². The number of carbonyl (C=O) groups is 1. The summed E-state index contributed by atoms with van der Waals surface area (Å²) in [6.07, 6.45) is 0. The van der Waals surface area contributed by atoms with Gasteiger partial charge in [0.15, 0.2) is 0 Å².